The van der Waals surface area contributed by atoms with Gasteiger partial charge in [-0.05, 0) is 87.6 Å². The number of carbonyl (C=O) groups excluding carboxylic acids is 1. The Balaban J connectivity index is 1.13. The minimum absolute atomic E-state index is 0.272. The average molecular weight is 657 g/mol. The number of benzene rings is 2. The molecule has 2 aliphatic heterocycles. The van der Waals surface area contributed by atoms with Crippen molar-refractivity contribution in [2.75, 3.05) is 51.8 Å². The van der Waals surface area contributed by atoms with Crippen LogP contribution in [-0.2, 0) is 37.3 Å². The number of rotatable bonds is 11. The van der Waals surface area contributed by atoms with Crippen molar-refractivity contribution in [2.24, 2.45) is 0 Å². The largest absolute Gasteiger partial charge is 0.381 e. The molecule has 0 unspecified atom stereocenters. The number of urea groups is 1. The molecule has 2 fully saturated rings. The summed E-state index contributed by atoms with van der Waals surface area (Å²) >= 11 is 0. The van der Waals surface area contributed by atoms with Crippen molar-refractivity contribution >= 4 is 22.8 Å². The minimum atomic E-state index is -0.297. The van der Waals surface area contributed by atoms with Crippen LogP contribution in [0.25, 0.3) is 22.2 Å². The van der Waals surface area contributed by atoms with Crippen molar-refractivity contribution < 1.29 is 13.9 Å². The van der Waals surface area contributed by atoms with Crippen molar-refractivity contribution in [2.45, 2.75) is 71.8 Å². The zero-order valence-corrected chi connectivity index (χ0v) is 28.5. The van der Waals surface area contributed by atoms with Gasteiger partial charge in [0, 0.05) is 75.3 Å². The molecule has 2 amide bonds. The third-order valence-electron chi connectivity index (χ3n) is 9.54. The van der Waals surface area contributed by atoms with Crippen molar-refractivity contribution in [3.8, 4) is 11.1 Å². The average Bonchev–Trinajstić information content (AvgIpc) is 3.41. The van der Waals surface area contributed by atoms with E-state index in [1.54, 1.807) is 6.07 Å². The first-order chi connectivity index (χ1) is 23.4. The Kier molecular flexibility index (Phi) is 11.2. The molecule has 48 heavy (non-hydrogen) atoms. The number of carbonyl (C=O) groups is 1. The van der Waals surface area contributed by atoms with Crippen molar-refractivity contribution in [1.82, 2.24) is 35.2 Å². The van der Waals surface area contributed by atoms with Crippen LogP contribution in [0.1, 0.15) is 55.5 Å². The highest BCUT2D eigenvalue weighted by Gasteiger charge is 2.22. The van der Waals surface area contributed by atoms with Gasteiger partial charge in [-0.3, -0.25) is 4.90 Å². The molecule has 11 heteroatoms. The van der Waals surface area contributed by atoms with Gasteiger partial charge >= 0.3 is 6.03 Å². The van der Waals surface area contributed by atoms with Crippen molar-refractivity contribution in [3.05, 3.63) is 76.9 Å². The Hall–Kier alpha value is -4.06. The molecule has 0 aliphatic carbocycles. The molecular formula is C37H49FN8O2. The fourth-order valence-electron chi connectivity index (χ4n) is 6.77. The van der Waals surface area contributed by atoms with Crippen LogP contribution in [0, 0.1) is 5.82 Å². The number of aromatic nitrogens is 3. The standard InChI is InChI=1S/C37H49FN8O2/c1-4-34-31(35(42-29-12-18-48-19-13-29)32-24-41-46(5-2)36(32)43-34)23-40-37(47)39-22-26-10-11-33(38)30(21-26)28-9-6-8-27(20-28)25-45-15-7-14-44(3)16-17-45/h6,8-11,20-21,24,29H,4-5,7,12-19,22-23,25H2,1-3H3,(H,42,43)(H2,39,40,47). The number of likely N-dealkylation sites (N-methyl/N-ethyl adjacent to an activating group) is 1. The van der Waals surface area contributed by atoms with E-state index in [2.05, 4.69) is 63.9 Å². The number of amides is 2. The third kappa shape index (κ3) is 8.14. The van der Waals surface area contributed by atoms with E-state index in [0.29, 0.717) is 12.1 Å². The smallest absolute Gasteiger partial charge is 0.315 e. The summed E-state index contributed by atoms with van der Waals surface area (Å²) in [6, 6.07) is 13.2. The summed E-state index contributed by atoms with van der Waals surface area (Å²) in [5.41, 5.74) is 7.12. The highest BCUT2D eigenvalue weighted by atomic mass is 19.1. The van der Waals surface area contributed by atoms with E-state index in [9.17, 15) is 4.79 Å². The molecule has 4 heterocycles. The second-order valence-corrected chi connectivity index (χ2v) is 13.0. The maximum Gasteiger partial charge on any atom is 0.315 e. The lowest BCUT2D eigenvalue weighted by atomic mass is 10.00. The van der Waals surface area contributed by atoms with Crippen molar-refractivity contribution in [3.63, 3.8) is 0 Å². The fraction of sp³-hybridized carbons (Fsp3) is 0.486. The van der Waals surface area contributed by atoms with Crippen molar-refractivity contribution in [1.29, 1.82) is 0 Å². The molecule has 0 bridgehead atoms. The molecule has 0 radical (unpaired) electrons. The van der Waals surface area contributed by atoms with E-state index >= 15 is 4.39 Å². The Labute approximate surface area is 283 Å². The van der Waals surface area contributed by atoms with Crippen LogP contribution in [0.4, 0.5) is 14.9 Å². The van der Waals surface area contributed by atoms with Crippen LogP contribution in [0.15, 0.2) is 48.7 Å². The Bertz CT molecular complexity index is 1700. The van der Waals surface area contributed by atoms with Gasteiger partial charge in [0.25, 0.3) is 0 Å². The van der Waals surface area contributed by atoms with Gasteiger partial charge in [-0.25, -0.2) is 18.9 Å². The van der Waals surface area contributed by atoms with E-state index in [1.165, 1.54) is 11.6 Å². The summed E-state index contributed by atoms with van der Waals surface area (Å²) in [4.78, 5) is 22.9. The normalized spacial score (nSPS) is 16.6. The number of halogens is 1. The van der Waals surface area contributed by atoms with Gasteiger partial charge < -0.3 is 25.6 Å². The second-order valence-electron chi connectivity index (χ2n) is 13.0. The number of hydrogen-bond donors (Lipinski definition) is 3. The Morgan fingerprint density at radius 2 is 1.83 bits per heavy atom. The van der Waals surface area contributed by atoms with E-state index in [4.69, 9.17) is 9.72 Å². The number of nitrogens with one attached hydrogen (secondary N) is 3. The van der Waals surface area contributed by atoms with Gasteiger partial charge in [0.1, 0.15) is 5.82 Å². The van der Waals surface area contributed by atoms with Crippen LogP contribution in [0.3, 0.4) is 0 Å². The molecule has 2 aromatic heterocycles. The molecule has 0 atom stereocenters. The number of nitrogens with zero attached hydrogens (tertiary/aromatic N) is 5. The van der Waals surface area contributed by atoms with Gasteiger partial charge in [0.2, 0.25) is 0 Å². The maximum atomic E-state index is 15.1. The highest BCUT2D eigenvalue weighted by molar-refractivity contribution is 5.92. The molecule has 2 aliphatic rings. The summed E-state index contributed by atoms with van der Waals surface area (Å²) < 4.78 is 22.6. The molecule has 0 spiro atoms. The van der Waals surface area contributed by atoms with Gasteiger partial charge in [0.05, 0.1) is 17.3 Å². The first kappa shape index (κ1) is 33.8. The molecule has 2 aromatic carbocycles. The maximum absolute atomic E-state index is 15.1. The summed E-state index contributed by atoms with van der Waals surface area (Å²) in [6.07, 6.45) is 5.58. The van der Waals surface area contributed by atoms with E-state index in [0.717, 1.165) is 117 Å². The number of hydrogen-bond acceptors (Lipinski definition) is 7. The molecule has 6 rings (SSSR count). The summed E-state index contributed by atoms with van der Waals surface area (Å²) in [5, 5.41) is 15.3. The van der Waals surface area contributed by atoms with Gasteiger partial charge in [-0.15, -0.1) is 0 Å². The lowest BCUT2D eigenvalue weighted by Gasteiger charge is -2.26. The zero-order chi connectivity index (χ0) is 33.5. The molecule has 4 aromatic rings. The first-order valence-corrected chi connectivity index (χ1v) is 17.4. The van der Waals surface area contributed by atoms with Gasteiger partial charge in [-0.1, -0.05) is 31.2 Å². The predicted molar refractivity (Wildman–Crippen MR) is 188 cm³/mol. The topological polar surface area (TPSA) is 99.6 Å². The summed E-state index contributed by atoms with van der Waals surface area (Å²) in [7, 11) is 2.17. The monoisotopic (exact) mass is 656 g/mol. The Morgan fingerprint density at radius 1 is 1.00 bits per heavy atom. The van der Waals surface area contributed by atoms with Crippen LogP contribution in [0.5, 0.6) is 0 Å². The third-order valence-corrected chi connectivity index (χ3v) is 9.54. The van der Waals surface area contributed by atoms with Gasteiger partial charge in [-0.2, -0.15) is 5.10 Å². The van der Waals surface area contributed by atoms with Gasteiger partial charge in [0.15, 0.2) is 5.65 Å². The fourth-order valence-corrected chi connectivity index (χ4v) is 6.77. The molecule has 3 N–H and O–H groups in total. The summed E-state index contributed by atoms with van der Waals surface area (Å²) in [5.74, 6) is -0.275. The number of anilines is 1. The molecule has 2 saturated heterocycles. The number of aryl methyl sites for hydroxylation is 2. The second kappa shape index (κ2) is 15.9. The van der Waals surface area contributed by atoms with Crippen LogP contribution >= 0.6 is 0 Å². The zero-order valence-electron chi connectivity index (χ0n) is 28.5. The lowest BCUT2D eigenvalue weighted by molar-refractivity contribution is 0.0904. The minimum Gasteiger partial charge on any atom is -0.381 e. The van der Waals surface area contributed by atoms with Crippen LogP contribution in [0.2, 0.25) is 0 Å². The number of pyridine rings is 1. The Morgan fingerprint density at radius 3 is 2.65 bits per heavy atom. The quantitative estimate of drug-likeness (QED) is 0.195. The first-order valence-electron chi connectivity index (χ1n) is 17.4. The van der Waals surface area contributed by atoms with E-state index in [-0.39, 0.29) is 24.4 Å². The van der Waals surface area contributed by atoms with E-state index in [1.807, 2.05) is 29.1 Å². The SMILES string of the molecule is CCc1nc2c(cnn2CC)c(NC2CCOCC2)c1CNC(=O)NCc1ccc(F)c(-c2cccc(CN3CCCN(C)CC3)c2)c1. The highest BCUT2D eigenvalue weighted by Crippen LogP contribution is 2.31. The number of ether oxygens (including phenoxy) is 1. The molecule has 0 saturated carbocycles. The molecule has 256 valence electrons. The van der Waals surface area contributed by atoms with Crippen LogP contribution < -0.4 is 16.0 Å². The van der Waals surface area contributed by atoms with Crippen LogP contribution in [-0.4, -0.2) is 83.1 Å². The van der Waals surface area contributed by atoms with E-state index < -0.39 is 0 Å². The molecule has 10 nitrogen and oxygen atoms in total. The lowest BCUT2D eigenvalue weighted by Crippen LogP contribution is -2.35. The molecular weight excluding hydrogens is 607 g/mol. The summed E-state index contributed by atoms with van der Waals surface area (Å²) in [6.45, 7) is 12.0. The number of fused-ring (bicyclic) bond motifs is 1. The predicted octanol–water partition coefficient (Wildman–Crippen LogP) is 5.55.